The fourth-order valence-corrected chi connectivity index (χ4v) is 1.89. The molecule has 0 aliphatic rings. The average molecular weight is 237 g/mol. The maximum absolute atomic E-state index is 12.2. The molecule has 0 spiro atoms. The maximum atomic E-state index is 12.2. The summed E-state index contributed by atoms with van der Waals surface area (Å²) in [5, 5.41) is 0. The van der Waals surface area contributed by atoms with Crippen LogP contribution in [0.2, 0.25) is 0 Å². The van der Waals surface area contributed by atoms with Crippen molar-refractivity contribution in [3.8, 4) is 0 Å². The molecule has 96 valence electrons. The van der Waals surface area contributed by atoms with Crippen LogP contribution < -0.4 is 0 Å². The number of carbonyl (C=O) groups excluding carboxylic acids is 1. The number of aromatic amines is 1. The van der Waals surface area contributed by atoms with Gasteiger partial charge in [0.25, 0.3) is 5.91 Å². The van der Waals surface area contributed by atoms with E-state index in [1.807, 2.05) is 18.7 Å². The maximum Gasteiger partial charge on any atom is 0.289 e. The minimum Gasteiger partial charge on any atom is -0.338 e. The summed E-state index contributed by atoms with van der Waals surface area (Å²) in [6.07, 6.45) is 3.91. The highest BCUT2D eigenvalue weighted by atomic mass is 16.2. The van der Waals surface area contributed by atoms with E-state index in [0.29, 0.717) is 11.7 Å². The number of aromatic nitrogens is 2. The molecule has 0 aliphatic carbocycles. The van der Waals surface area contributed by atoms with Gasteiger partial charge in [-0.25, -0.2) is 4.98 Å². The number of carbonyl (C=O) groups is 1. The number of nitrogens with zero attached hydrogens (tertiary/aromatic N) is 2. The molecule has 1 aromatic heterocycles. The number of amides is 1. The van der Waals surface area contributed by atoms with Crippen LogP contribution in [0, 0.1) is 12.8 Å². The molecule has 1 N–H and O–H groups in total. The number of hydrogen-bond acceptors (Lipinski definition) is 2. The molecule has 1 heterocycles. The van der Waals surface area contributed by atoms with Crippen LogP contribution in [0.3, 0.4) is 0 Å². The number of rotatable bonds is 6. The normalized spacial score (nSPS) is 10.9. The van der Waals surface area contributed by atoms with Gasteiger partial charge in [-0.1, -0.05) is 26.7 Å². The van der Waals surface area contributed by atoms with Crippen LogP contribution in [0.5, 0.6) is 0 Å². The van der Waals surface area contributed by atoms with Crippen molar-refractivity contribution >= 4 is 5.91 Å². The molecule has 1 rings (SSSR count). The largest absolute Gasteiger partial charge is 0.338 e. The SMILES string of the molecule is CCC(CC)CN(CC)C(=O)c1ncc(C)[nH]1. The van der Waals surface area contributed by atoms with Crippen molar-refractivity contribution in [3.05, 3.63) is 17.7 Å². The van der Waals surface area contributed by atoms with Crippen molar-refractivity contribution in [2.75, 3.05) is 13.1 Å². The van der Waals surface area contributed by atoms with Gasteiger partial charge in [-0.05, 0) is 19.8 Å². The van der Waals surface area contributed by atoms with Crippen LogP contribution in [0.25, 0.3) is 0 Å². The van der Waals surface area contributed by atoms with E-state index in [-0.39, 0.29) is 5.91 Å². The van der Waals surface area contributed by atoms with Crippen molar-refractivity contribution in [1.82, 2.24) is 14.9 Å². The van der Waals surface area contributed by atoms with Crippen LogP contribution in [0.4, 0.5) is 0 Å². The third kappa shape index (κ3) is 3.58. The van der Waals surface area contributed by atoms with Gasteiger partial charge in [0.1, 0.15) is 0 Å². The van der Waals surface area contributed by atoms with E-state index in [1.165, 1.54) is 0 Å². The second kappa shape index (κ2) is 6.42. The Hall–Kier alpha value is -1.32. The topological polar surface area (TPSA) is 49.0 Å². The average Bonchev–Trinajstić information content (AvgIpc) is 2.77. The van der Waals surface area contributed by atoms with E-state index in [0.717, 1.165) is 31.6 Å². The Morgan fingerprint density at radius 1 is 1.41 bits per heavy atom. The number of hydrogen-bond donors (Lipinski definition) is 1. The second-order valence-electron chi connectivity index (χ2n) is 4.44. The third-order valence-corrected chi connectivity index (χ3v) is 3.21. The quantitative estimate of drug-likeness (QED) is 0.826. The lowest BCUT2D eigenvalue weighted by Gasteiger charge is -2.24. The van der Waals surface area contributed by atoms with Gasteiger partial charge < -0.3 is 9.88 Å². The lowest BCUT2D eigenvalue weighted by molar-refractivity contribution is 0.0723. The lowest BCUT2D eigenvalue weighted by atomic mass is 10.0. The van der Waals surface area contributed by atoms with Crippen LogP contribution in [-0.2, 0) is 0 Å². The van der Waals surface area contributed by atoms with E-state index in [2.05, 4.69) is 23.8 Å². The first-order valence-electron chi connectivity index (χ1n) is 6.43. The predicted molar refractivity (Wildman–Crippen MR) is 69.0 cm³/mol. The van der Waals surface area contributed by atoms with Crippen molar-refractivity contribution in [2.24, 2.45) is 5.92 Å². The number of H-pyrrole nitrogens is 1. The van der Waals surface area contributed by atoms with Gasteiger partial charge in [-0.15, -0.1) is 0 Å². The van der Waals surface area contributed by atoms with Gasteiger partial charge in [-0.2, -0.15) is 0 Å². The van der Waals surface area contributed by atoms with Gasteiger partial charge in [0.2, 0.25) is 0 Å². The molecule has 0 aromatic carbocycles. The van der Waals surface area contributed by atoms with Crippen molar-refractivity contribution in [2.45, 2.75) is 40.5 Å². The molecule has 17 heavy (non-hydrogen) atoms. The van der Waals surface area contributed by atoms with Gasteiger partial charge in [0.05, 0.1) is 0 Å². The molecule has 1 aromatic rings. The van der Waals surface area contributed by atoms with Gasteiger partial charge in [-0.3, -0.25) is 4.79 Å². The summed E-state index contributed by atoms with van der Waals surface area (Å²) < 4.78 is 0. The Kier molecular flexibility index (Phi) is 5.19. The fraction of sp³-hybridized carbons (Fsp3) is 0.692. The molecular weight excluding hydrogens is 214 g/mol. The molecule has 0 saturated carbocycles. The van der Waals surface area contributed by atoms with E-state index in [4.69, 9.17) is 0 Å². The molecular formula is C13H23N3O. The number of aryl methyl sites for hydroxylation is 1. The Labute approximate surface area is 103 Å². The molecule has 1 amide bonds. The molecule has 0 radical (unpaired) electrons. The molecule has 0 atom stereocenters. The number of nitrogens with one attached hydrogen (secondary N) is 1. The molecule has 0 aliphatic heterocycles. The standard InChI is InChI=1S/C13H23N3O/c1-5-11(6-2)9-16(7-3)13(17)12-14-8-10(4)15-12/h8,11H,5-7,9H2,1-4H3,(H,14,15). The van der Waals surface area contributed by atoms with Crippen LogP contribution in [0.1, 0.15) is 49.9 Å². The fourth-order valence-electron chi connectivity index (χ4n) is 1.89. The van der Waals surface area contributed by atoms with Gasteiger partial charge in [0, 0.05) is 25.0 Å². The summed E-state index contributed by atoms with van der Waals surface area (Å²) in [7, 11) is 0. The first-order valence-corrected chi connectivity index (χ1v) is 6.43. The minimum atomic E-state index is 0.00694. The lowest BCUT2D eigenvalue weighted by Crippen LogP contribution is -2.35. The smallest absolute Gasteiger partial charge is 0.289 e. The molecule has 0 bridgehead atoms. The molecule has 0 fully saturated rings. The molecule has 4 heteroatoms. The zero-order valence-electron chi connectivity index (χ0n) is 11.3. The summed E-state index contributed by atoms with van der Waals surface area (Å²) in [6, 6.07) is 0. The molecule has 4 nitrogen and oxygen atoms in total. The summed E-state index contributed by atoms with van der Waals surface area (Å²) in [5.74, 6) is 1.04. The first kappa shape index (κ1) is 13.7. The predicted octanol–water partition coefficient (Wildman–Crippen LogP) is 2.62. The van der Waals surface area contributed by atoms with Crippen LogP contribution in [0.15, 0.2) is 6.20 Å². The van der Waals surface area contributed by atoms with Gasteiger partial charge >= 0.3 is 0 Å². The summed E-state index contributed by atoms with van der Waals surface area (Å²) in [6.45, 7) is 9.81. The van der Waals surface area contributed by atoms with Crippen molar-refractivity contribution < 1.29 is 4.79 Å². The highest BCUT2D eigenvalue weighted by Crippen LogP contribution is 2.11. The first-order chi connectivity index (χ1) is 8.12. The van der Waals surface area contributed by atoms with Crippen molar-refractivity contribution in [3.63, 3.8) is 0 Å². The summed E-state index contributed by atoms with van der Waals surface area (Å²) in [5.41, 5.74) is 0.923. The summed E-state index contributed by atoms with van der Waals surface area (Å²) >= 11 is 0. The zero-order chi connectivity index (χ0) is 12.8. The van der Waals surface area contributed by atoms with Gasteiger partial charge in [0.15, 0.2) is 5.82 Å². The van der Waals surface area contributed by atoms with Crippen molar-refractivity contribution in [1.29, 1.82) is 0 Å². The summed E-state index contributed by atoms with van der Waals surface area (Å²) in [4.78, 5) is 21.2. The monoisotopic (exact) mass is 237 g/mol. The van der Waals surface area contributed by atoms with E-state index in [1.54, 1.807) is 6.20 Å². The Balaban J connectivity index is 2.70. The van der Waals surface area contributed by atoms with Crippen LogP contribution >= 0.6 is 0 Å². The third-order valence-electron chi connectivity index (χ3n) is 3.21. The number of imidazole rings is 1. The van der Waals surface area contributed by atoms with E-state index < -0.39 is 0 Å². The highest BCUT2D eigenvalue weighted by molar-refractivity contribution is 5.90. The molecule has 0 saturated heterocycles. The van der Waals surface area contributed by atoms with Crippen LogP contribution in [-0.4, -0.2) is 33.9 Å². The molecule has 0 unspecified atom stereocenters. The second-order valence-corrected chi connectivity index (χ2v) is 4.44. The zero-order valence-corrected chi connectivity index (χ0v) is 11.3. The Bertz CT molecular complexity index is 355. The Morgan fingerprint density at radius 2 is 2.06 bits per heavy atom. The van der Waals surface area contributed by atoms with E-state index in [9.17, 15) is 4.79 Å². The minimum absolute atomic E-state index is 0.00694. The Morgan fingerprint density at radius 3 is 2.47 bits per heavy atom. The highest BCUT2D eigenvalue weighted by Gasteiger charge is 2.19. The van der Waals surface area contributed by atoms with E-state index >= 15 is 0 Å².